The van der Waals surface area contributed by atoms with E-state index in [0.29, 0.717) is 12.5 Å². The van der Waals surface area contributed by atoms with Crippen LogP contribution in [0.15, 0.2) is 29.2 Å². The first-order valence-corrected chi connectivity index (χ1v) is 10.8. The van der Waals surface area contributed by atoms with Gasteiger partial charge in [-0.25, -0.2) is 9.97 Å². The van der Waals surface area contributed by atoms with E-state index in [9.17, 15) is 4.79 Å². The van der Waals surface area contributed by atoms with Gasteiger partial charge in [-0.15, -0.1) is 11.3 Å². The van der Waals surface area contributed by atoms with Gasteiger partial charge < -0.3 is 4.98 Å². The zero-order valence-corrected chi connectivity index (χ0v) is 16.2. The summed E-state index contributed by atoms with van der Waals surface area (Å²) in [5.41, 5.74) is 1.96. The Morgan fingerprint density at radius 1 is 1.26 bits per heavy atom. The summed E-state index contributed by atoms with van der Waals surface area (Å²) < 4.78 is 0. The van der Waals surface area contributed by atoms with Crippen LogP contribution in [0.1, 0.15) is 60.0 Å². The first-order chi connectivity index (χ1) is 13.3. The highest BCUT2D eigenvalue weighted by molar-refractivity contribution is 7.18. The number of hydrogen-bond donors (Lipinski definition) is 1. The lowest BCUT2D eigenvalue weighted by molar-refractivity contribution is 0.243. The summed E-state index contributed by atoms with van der Waals surface area (Å²) in [6.07, 6.45) is 8.85. The number of H-pyrrole nitrogens is 1. The van der Waals surface area contributed by atoms with Gasteiger partial charge in [-0.1, -0.05) is 25.3 Å². The molecule has 0 aromatic carbocycles. The second-order valence-corrected chi connectivity index (χ2v) is 8.90. The number of fused-ring (bicyclic) bond motifs is 2. The summed E-state index contributed by atoms with van der Waals surface area (Å²) in [5, 5.41) is 1.20. The molecule has 3 aromatic heterocycles. The number of hydrogen-bond acceptors (Lipinski definition) is 5. The molecular weight excluding hydrogens is 356 g/mol. The molecule has 140 valence electrons. The number of aromatic amines is 1. The smallest absolute Gasteiger partial charge is 0.255 e. The van der Waals surface area contributed by atoms with Crippen LogP contribution in [0.25, 0.3) is 10.2 Å². The fourth-order valence-corrected chi connectivity index (χ4v) is 5.47. The third-order valence-corrected chi connectivity index (χ3v) is 6.93. The maximum Gasteiger partial charge on any atom is 0.255 e. The molecule has 1 N–H and O–H groups in total. The molecule has 5 rings (SSSR count). The first-order valence-electron chi connectivity index (χ1n) is 9.94. The second-order valence-electron chi connectivity index (χ2n) is 7.78. The van der Waals surface area contributed by atoms with Crippen molar-refractivity contribution < 1.29 is 0 Å². The quantitative estimate of drug-likeness (QED) is 0.746. The number of nitrogens with one attached hydrogen (secondary N) is 1. The molecule has 1 aliphatic heterocycles. The Labute approximate surface area is 162 Å². The Balaban J connectivity index is 1.35. The second kappa shape index (κ2) is 7.17. The van der Waals surface area contributed by atoms with Gasteiger partial charge >= 0.3 is 0 Å². The molecule has 0 atom stereocenters. The average Bonchev–Trinajstić information content (AvgIpc) is 3.11. The molecule has 2 aliphatic rings. The van der Waals surface area contributed by atoms with Crippen molar-refractivity contribution in [2.24, 2.45) is 0 Å². The Morgan fingerprint density at radius 3 is 3.00 bits per heavy atom. The summed E-state index contributed by atoms with van der Waals surface area (Å²) in [6, 6.07) is 6.30. The van der Waals surface area contributed by atoms with E-state index in [4.69, 9.17) is 4.98 Å². The van der Waals surface area contributed by atoms with Gasteiger partial charge in [0.15, 0.2) is 0 Å². The monoisotopic (exact) mass is 380 g/mol. The van der Waals surface area contributed by atoms with E-state index in [1.54, 1.807) is 11.3 Å². The lowest BCUT2D eigenvalue weighted by Gasteiger charge is -2.28. The molecule has 1 fully saturated rings. The minimum Gasteiger partial charge on any atom is -0.310 e. The third kappa shape index (κ3) is 3.44. The lowest BCUT2D eigenvalue weighted by atomic mass is 9.88. The zero-order chi connectivity index (χ0) is 18.2. The summed E-state index contributed by atoms with van der Waals surface area (Å²) >= 11 is 1.74. The van der Waals surface area contributed by atoms with E-state index in [0.717, 1.165) is 54.3 Å². The molecule has 3 aromatic rings. The highest BCUT2D eigenvalue weighted by atomic mass is 32.1. The molecule has 0 saturated heterocycles. The van der Waals surface area contributed by atoms with Gasteiger partial charge in [-0.2, -0.15) is 0 Å². The molecule has 5 nitrogen and oxygen atoms in total. The highest BCUT2D eigenvalue weighted by Crippen LogP contribution is 2.31. The van der Waals surface area contributed by atoms with Gasteiger partial charge in [0, 0.05) is 48.4 Å². The normalized spacial score (nSPS) is 18.7. The van der Waals surface area contributed by atoms with E-state index in [1.165, 1.54) is 29.5 Å². The van der Waals surface area contributed by atoms with E-state index < -0.39 is 0 Å². The largest absolute Gasteiger partial charge is 0.310 e. The summed E-state index contributed by atoms with van der Waals surface area (Å²) in [7, 11) is 0. The SMILES string of the molecule is O=c1[nH]c(C2CCCCC2)nc2c1CN(Cc1cc3cccnc3s1)CC2. The van der Waals surface area contributed by atoms with Gasteiger partial charge in [-0.3, -0.25) is 9.69 Å². The van der Waals surface area contributed by atoms with Crippen molar-refractivity contribution in [1.29, 1.82) is 0 Å². The lowest BCUT2D eigenvalue weighted by Crippen LogP contribution is -2.36. The molecule has 1 aliphatic carbocycles. The van der Waals surface area contributed by atoms with Crippen LogP contribution < -0.4 is 5.56 Å². The van der Waals surface area contributed by atoms with Crippen molar-refractivity contribution in [3.05, 3.63) is 56.7 Å². The van der Waals surface area contributed by atoms with Crippen LogP contribution in [0.4, 0.5) is 0 Å². The molecule has 0 bridgehead atoms. The molecule has 6 heteroatoms. The molecule has 0 unspecified atom stereocenters. The minimum absolute atomic E-state index is 0.0725. The molecule has 0 amide bonds. The number of nitrogens with zero attached hydrogens (tertiary/aromatic N) is 3. The molecule has 0 radical (unpaired) electrons. The Bertz CT molecular complexity index is 985. The zero-order valence-electron chi connectivity index (χ0n) is 15.4. The number of pyridine rings is 1. The van der Waals surface area contributed by atoms with Crippen molar-refractivity contribution in [3.8, 4) is 0 Å². The van der Waals surface area contributed by atoms with E-state index in [-0.39, 0.29) is 5.56 Å². The molecular formula is C21H24N4OS. The van der Waals surface area contributed by atoms with E-state index in [1.807, 2.05) is 12.3 Å². The summed E-state index contributed by atoms with van der Waals surface area (Å²) in [5.74, 6) is 1.38. The van der Waals surface area contributed by atoms with Crippen molar-refractivity contribution in [2.45, 2.75) is 57.5 Å². The van der Waals surface area contributed by atoms with E-state index in [2.05, 4.69) is 27.0 Å². The van der Waals surface area contributed by atoms with Crippen molar-refractivity contribution in [2.75, 3.05) is 6.54 Å². The van der Waals surface area contributed by atoms with Gasteiger partial charge in [0.25, 0.3) is 5.56 Å². The fourth-order valence-electron chi connectivity index (χ4n) is 4.43. The molecule has 27 heavy (non-hydrogen) atoms. The first kappa shape index (κ1) is 17.1. The third-order valence-electron chi connectivity index (χ3n) is 5.88. The van der Waals surface area contributed by atoms with Crippen LogP contribution in [0.5, 0.6) is 0 Å². The van der Waals surface area contributed by atoms with Crippen molar-refractivity contribution >= 4 is 21.6 Å². The van der Waals surface area contributed by atoms with Crippen LogP contribution in [-0.4, -0.2) is 26.4 Å². The molecule has 1 saturated carbocycles. The standard InChI is InChI=1S/C21H24N4OS/c26-20-17-13-25(12-16-11-15-7-4-9-22-21(15)27-16)10-8-18(17)23-19(24-20)14-5-2-1-3-6-14/h4,7,9,11,14H,1-3,5-6,8,10,12-13H2,(H,23,24,26). The topological polar surface area (TPSA) is 61.9 Å². The van der Waals surface area contributed by atoms with Crippen LogP contribution in [0.3, 0.4) is 0 Å². The fraction of sp³-hybridized carbons (Fsp3) is 0.476. The predicted molar refractivity (Wildman–Crippen MR) is 108 cm³/mol. The minimum atomic E-state index is 0.0725. The van der Waals surface area contributed by atoms with Gasteiger partial charge in [0.05, 0.1) is 11.3 Å². The van der Waals surface area contributed by atoms with Gasteiger partial charge in [0.2, 0.25) is 0 Å². The summed E-state index contributed by atoms with van der Waals surface area (Å²) in [6.45, 7) is 2.50. The Kier molecular flexibility index (Phi) is 4.53. The van der Waals surface area contributed by atoms with Crippen LogP contribution in [0.2, 0.25) is 0 Å². The van der Waals surface area contributed by atoms with Gasteiger partial charge in [0.1, 0.15) is 10.7 Å². The maximum absolute atomic E-state index is 12.7. The van der Waals surface area contributed by atoms with Crippen molar-refractivity contribution in [3.63, 3.8) is 0 Å². The maximum atomic E-state index is 12.7. The average molecular weight is 381 g/mol. The van der Waals surface area contributed by atoms with Crippen molar-refractivity contribution in [1.82, 2.24) is 19.9 Å². The molecule has 0 spiro atoms. The van der Waals surface area contributed by atoms with Crippen LogP contribution in [0, 0.1) is 0 Å². The van der Waals surface area contributed by atoms with Gasteiger partial charge in [-0.05, 0) is 25.0 Å². The molecule has 4 heterocycles. The van der Waals surface area contributed by atoms with Crippen LogP contribution >= 0.6 is 11.3 Å². The number of aromatic nitrogens is 3. The Morgan fingerprint density at radius 2 is 2.15 bits per heavy atom. The number of thiophene rings is 1. The summed E-state index contributed by atoms with van der Waals surface area (Å²) in [4.78, 5) is 29.9. The van der Waals surface area contributed by atoms with Crippen LogP contribution in [-0.2, 0) is 19.5 Å². The Hall–Kier alpha value is -2.05. The number of rotatable bonds is 3. The highest BCUT2D eigenvalue weighted by Gasteiger charge is 2.24. The predicted octanol–water partition coefficient (Wildman–Crippen LogP) is 3.99. The van der Waals surface area contributed by atoms with E-state index >= 15 is 0 Å².